The standard InChI is InChI=1S/C16H19BrClNO2/c1-11(2)8-19-9-12-5-6-20-16(12)10-21-15-4-3-13(18)7-14(15)17/h3-7,11,19H,8-10H2,1-2H3. The summed E-state index contributed by atoms with van der Waals surface area (Å²) in [5.41, 5.74) is 1.13. The number of hydrogen-bond acceptors (Lipinski definition) is 3. The fourth-order valence-electron chi connectivity index (χ4n) is 1.88. The van der Waals surface area contributed by atoms with Gasteiger partial charge in [0.2, 0.25) is 0 Å². The van der Waals surface area contributed by atoms with Crippen molar-refractivity contribution in [1.29, 1.82) is 0 Å². The van der Waals surface area contributed by atoms with Gasteiger partial charge >= 0.3 is 0 Å². The third kappa shape index (κ3) is 5.06. The first-order valence-corrected chi connectivity index (χ1v) is 8.07. The molecule has 21 heavy (non-hydrogen) atoms. The Morgan fingerprint density at radius 1 is 1.33 bits per heavy atom. The van der Waals surface area contributed by atoms with E-state index in [2.05, 4.69) is 35.1 Å². The van der Waals surface area contributed by atoms with Crippen molar-refractivity contribution in [2.24, 2.45) is 5.92 Å². The predicted molar refractivity (Wildman–Crippen MR) is 88.7 cm³/mol. The molecule has 0 unspecified atom stereocenters. The SMILES string of the molecule is CC(C)CNCc1ccoc1COc1ccc(Cl)cc1Br. The maximum atomic E-state index is 5.91. The average Bonchev–Trinajstić information content (AvgIpc) is 2.85. The van der Waals surface area contributed by atoms with Gasteiger partial charge in [-0.2, -0.15) is 0 Å². The lowest BCUT2D eigenvalue weighted by atomic mass is 10.2. The molecule has 0 fully saturated rings. The summed E-state index contributed by atoms with van der Waals surface area (Å²) in [4.78, 5) is 0. The van der Waals surface area contributed by atoms with E-state index in [1.54, 1.807) is 12.3 Å². The quantitative estimate of drug-likeness (QED) is 0.741. The molecule has 1 heterocycles. The molecule has 0 amide bonds. The number of rotatable bonds is 7. The van der Waals surface area contributed by atoms with Crippen LogP contribution in [0.4, 0.5) is 0 Å². The number of furan rings is 1. The van der Waals surface area contributed by atoms with Gasteiger partial charge in [0.1, 0.15) is 18.1 Å². The van der Waals surface area contributed by atoms with Crippen LogP contribution in [0.5, 0.6) is 5.75 Å². The van der Waals surface area contributed by atoms with Gasteiger partial charge in [0.25, 0.3) is 0 Å². The van der Waals surface area contributed by atoms with Crippen molar-refractivity contribution < 1.29 is 9.15 Å². The van der Waals surface area contributed by atoms with Crippen LogP contribution in [0.1, 0.15) is 25.2 Å². The second kappa shape index (κ2) is 7.87. The van der Waals surface area contributed by atoms with Crippen LogP contribution < -0.4 is 10.1 Å². The van der Waals surface area contributed by atoms with E-state index < -0.39 is 0 Å². The molecular formula is C16H19BrClNO2. The molecule has 1 aromatic heterocycles. The second-order valence-corrected chi connectivity index (χ2v) is 6.55. The lowest BCUT2D eigenvalue weighted by Crippen LogP contribution is -2.19. The van der Waals surface area contributed by atoms with Gasteiger partial charge in [-0.25, -0.2) is 0 Å². The second-order valence-electron chi connectivity index (χ2n) is 5.26. The van der Waals surface area contributed by atoms with Gasteiger partial charge in [0.05, 0.1) is 10.7 Å². The number of ether oxygens (including phenoxy) is 1. The van der Waals surface area contributed by atoms with Crippen LogP contribution in [-0.4, -0.2) is 6.54 Å². The molecule has 1 N–H and O–H groups in total. The van der Waals surface area contributed by atoms with Crippen molar-refractivity contribution in [3.05, 3.63) is 51.3 Å². The Morgan fingerprint density at radius 3 is 2.86 bits per heavy atom. The molecule has 1 aromatic carbocycles. The fraction of sp³-hybridized carbons (Fsp3) is 0.375. The summed E-state index contributed by atoms with van der Waals surface area (Å²) in [5, 5.41) is 4.07. The van der Waals surface area contributed by atoms with Crippen LogP contribution >= 0.6 is 27.5 Å². The Balaban J connectivity index is 1.92. The Bertz CT molecular complexity index is 583. The molecule has 0 aliphatic rings. The average molecular weight is 373 g/mol. The van der Waals surface area contributed by atoms with Gasteiger partial charge in [-0.05, 0) is 52.7 Å². The van der Waals surface area contributed by atoms with E-state index in [9.17, 15) is 0 Å². The van der Waals surface area contributed by atoms with E-state index in [4.69, 9.17) is 20.8 Å². The van der Waals surface area contributed by atoms with Gasteiger partial charge in [-0.1, -0.05) is 25.4 Å². The predicted octanol–water partition coefficient (Wildman–Crippen LogP) is 5.02. The molecule has 5 heteroatoms. The molecule has 0 spiro atoms. The molecule has 0 atom stereocenters. The Kier molecular flexibility index (Phi) is 6.15. The van der Waals surface area contributed by atoms with Gasteiger partial charge in [0.15, 0.2) is 0 Å². The van der Waals surface area contributed by atoms with Crippen molar-refractivity contribution in [1.82, 2.24) is 5.32 Å². The van der Waals surface area contributed by atoms with Crippen molar-refractivity contribution in [3.63, 3.8) is 0 Å². The number of halogens is 2. The van der Waals surface area contributed by atoms with E-state index in [1.165, 1.54) is 0 Å². The van der Waals surface area contributed by atoms with Crippen LogP contribution in [0, 0.1) is 5.92 Å². The maximum Gasteiger partial charge on any atom is 0.146 e. The molecule has 2 rings (SSSR count). The van der Waals surface area contributed by atoms with E-state index in [0.717, 1.165) is 34.6 Å². The first kappa shape index (κ1) is 16.4. The highest BCUT2D eigenvalue weighted by Crippen LogP contribution is 2.29. The van der Waals surface area contributed by atoms with Gasteiger partial charge in [-0.15, -0.1) is 0 Å². The van der Waals surface area contributed by atoms with Gasteiger partial charge in [-0.3, -0.25) is 0 Å². The first-order chi connectivity index (χ1) is 10.1. The molecule has 114 valence electrons. The Labute approximate surface area is 138 Å². The smallest absolute Gasteiger partial charge is 0.146 e. The molecule has 0 saturated carbocycles. The highest BCUT2D eigenvalue weighted by atomic mass is 79.9. The minimum atomic E-state index is 0.395. The summed E-state index contributed by atoms with van der Waals surface area (Å²) in [6.45, 7) is 6.53. The van der Waals surface area contributed by atoms with E-state index in [0.29, 0.717) is 17.5 Å². The summed E-state index contributed by atoms with van der Waals surface area (Å²) in [7, 11) is 0. The maximum absolute atomic E-state index is 5.91. The summed E-state index contributed by atoms with van der Waals surface area (Å²) in [5.74, 6) is 2.21. The molecule has 0 bridgehead atoms. The summed E-state index contributed by atoms with van der Waals surface area (Å²) in [6, 6.07) is 7.42. The zero-order valence-electron chi connectivity index (χ0n) is 12.2. The largest absolute Gasteiger partial charge is 0.484 e. The van der Waals surface area contributed by atoms with E-state index >= 15 is 0 Å². The fourth-order valence-corrected chi connectivity index (χ4v) is 2.68. The lowest BCUT2D eigenvalue weighted by molar-refractivity contribution is 0.266. The molecule has 0 aliphatic heterocycles. The minimum Gasteiger partial charge on any atom is -0.484 e. The van der Waals surface area contributed by atoms with Crippen molar-refractivity contribution >= 4 is 27.5 Å². The topological polar surface area (TPSA) is 34.4 Å². The van der Waals surface area contributed by atoms with Crippen molar-refractivity contribution in [3.8, 4) is 5.75 Å². The lowest BCUT2D eigenvalue weighted by Gasteiger charge is -2.10. The highest BCUT2D eigenvalue weighted by Gasteiger charge is 2.09. The van der Waals surface area contributed by atoms with Gasteiger partial charge < -0.3 is 14.5 Å². The van der Waals surface area contributed by atoms with E-state index in [-0.39, 0.29) is 0 Å². The number of hydrogen-bond donors (Lipinski definition) is 1. The molecule has 0 radical (unpaired) electrons. The van der Waals surface area contributed by atoms with Crippen LogP contribution in [0.3, 0.4) is 0 Å². The van der Waals surface area contributed by atoms with Crippen molar-refractivity contribution in [2.45, 2.75) is 27.0 Å². The summed E-state index contributed by atoms with van der Waals surface area (Å²) in [6.07, 6.45) is 1.70. The monoisotopic (exact) mass is 371 g/mol. The van der Waals surface area contributed by atoms with Crippen LogP contribution in [-0.2, 0) is 13.2 Å². The highest BCUT2D eigenvalue weighted by molar-refractivity contribution is 9.10. The zero-order valence-corrected chi connectivity index (χ0v) is 14.5. The first-order valence-electron chi connectivity index (χ1n) is 6.90. The summed E-state index contributed by atoms with van der Waals surface area (Å²) >= 11 is 9.35. The number of nitrogens with one attached hydrogen (secondary N) is 1. The Hall–Kier alpha value is -0.970. The van der Waals surface area contributed by atoms with E-state index in [1.807, 2.05) is 18.2 Å². The number of benzene rings is 1. The van der Waals surface area contributed by atoms with Crippen LogP contribution in [0.25, 0.3) is 0 Å². The third-order valence-corrected chi connectivity index (χ3v) is 3.81. The molecule has 0 aliphatic carbocycles. The molecule has 2 aromatic rings. The molecule has 0 saturated heterocycles. The van der Waals surface area contributed by atoms with Gasteiger partial charge in [0, 0.05) is 17.1 Å². The minimum absolute atomic E-state index is 0.395. The summed E-state index contributed by atoms with van der Waals surface area (Å²) < 4.78 is 12.1. The zero-order chi connectivity index (χ0) is 15.2. The van der Waals surface area contributed by atoms with Crippen LogP contribution in [0.2, 0.25) is 5.02 Å². The van der Waals surface area contributed by atoms with Crippen LogP contribution in [0.15, 0.2) is 39.4 Å². The Morgan fingerprint density at radius 2 is 2.14 bits per heavy atom. The molecular weight excluding hydrogens is 354 g/mol. The molecule has 3 nitrogen and oxygen atoms in total. The van der Waals surface area contributed by atoms with Crippen molar-refractivity contribution in [2.75, 3.05) is 6.54 Å². The normalized spacial score (nSPS) is 11.1. The third-order valence-electron chi connectivity index (χ3n) is 2.96.